The summed E-state index contributed by atoms with van der Waals surface area (Å²) >= 11 is 0. The third-order valence-corrected chi connectivity index (χ3v) is 2.66. The second-order valence-corrected chi connectivity index (χ2v) is 3.92. The van der Waals surface area contributed by atoms with Crippen molar-refractivity contribution in [2.75, 3.05) is 5.43 Å². The molecule has 8 nitrogen and oxygen atoms in total. The first-order valence-corrected chi connectivity index (χ1v) is 5.48. The van der Waals surface area contributed by atoms with Gasteiger partial charge in [-0.2, -0.15) is 0 Å². The van der Waals surface area contributed by atoms with E-state index in [1.165, 1.54) is 29.5 Å². The van der Waals surface area contributed by atoms with Crippen LogP contribution in [0.25, 0.3) is 0 Å². The molecule has 0 bridgehead atoms. The van der Waals surface area contributed by atoms with E-state index < -0.39 is 10.8 Å². The van der Waals surface area contributed by atoms with Gasteiger partial charge in [0.2, 0.25) is 5.91 Å². The van der Waals surface area contributed by atoms with Crippen molar-refractivity contribution in [3.63, 3.8) is 0 Å². The number of carbonyl (C=O) groups is 1. The first kappa shape index (κ1) is 12.7. The van der Waals surface area contributed by atoms with Gasteiger partial charge in [-0.15, -0.1) is 10.2 Å². The maximum atomic E-state index is 11.9. The highest BCUT2D eigenvalue weighted by atomic mass is 16.6. The largest absolute Gasteiger partial charge is 0.273 e. The summed E-state index contributed by atoms with van der Waals surface area (Å²) in [5, 5.41) is 17.7. The molecule has 0 unspecified atom stereocenters. The summed E-state index contributed by atoms with van der Waals surface area (Å²) in [7, 11) is 0. The molecule has 0 aliphatic heterocycles. The number of nitrogens with zero attached hydrogens (tertiary/aromatic N) is 4. The summed E-state index contributed by atoms with van der Waals surface area (Å²) in [5.41, 5.74) is 3.26. The fraction of sp³-hybridized carbons (Fsp3) is 0.182. The van der Waals surface area contributed by atoms with Crippen LogP contribution in [0.5, 0.6) is 0 Å². The number of hydrogen-bond acceptors (Lipinski definition) is 5. The SMILES string of the molecule is C[C@@H](C(=O)Nn1cnnc1)c1ccc([N+](=O)[O-])cc1. The van der Waals surface area contributed by atoms with Crippen LogP contribution in [-0.4, -0.2) is 25.7 Å². The molecule has 0 aliphatic rings. The zero-order valence-corrected chi connectivity index (χ0v) is 10.1. The molecule has 1 heterocycles. The molecule has 0 saturated carbocycles. The average molecular weight is 261 g/mol. The summed E-state index contributed by atoms with van der Waals surface area (Å²) in [4.78, 5) is 22.0. The molecule has 2 rings (SSSR count). The molecule has 19 heavy (non-hydrogen) atoms. The standard InChI is InChI=1S/C11H11N5O3/c1-8(11(17)14-15-6-12-13-7-15)9-2-4-10(5-3-9)16(18)19/h2-8H,1H3,(H,14,17)/t8-/m1/s1. The Morgan fingerprint density at radius 2 is 1.89 bits per heavy atom. The highest BCUT2D eigenvalue weighted by molar-refractivity contribution is 5.89. The van der Waals surface area contributed by atoms with E-state index in [0.717, 1.165) is 0 Å². The fourth-order valence-electron chi connectivity index (χ4n) is 1.52. The predicted octanol–water partition coefficient (Wildman–Crippen LogP) is 1.06. The lowest BCUT2D eigenvalue weighted by atomic mass is 10.0. The van der Waals surface area contributed by atoms with E-state index in [9.17, 15) is 14.9 Å². The van der Waals surface area contributed by atoms with E-state index in [4.69, 9.17) is 0 Å². The smallest absolute Gasteiger partial charge is 0.269 e. The van der Waals surface area contributed by atoms with Crippen molar-refractivity contribution in [1.29, 1.82) is 0 Å². The molecule has 1 atom stereocenters. The third-order valence-electron chi connectivity index (χ3n) is 2.66. The van der Waals surface area contributed by atoms with Gasteiger partial charge in [-0.3, -0.25) is 20.3 Å². The molecular formula is C11H11N5O3. The van der Waals surface area contributed by atoms with E-state index >= 15 is 0 Å². The van der Waals surface area contributed by atoms with E-state index in [1.807, 2.05) is 0 Å². The number of nitro groups is 1. The molecule has 0 spiro atoms. The molecule has 0 radical (unpaired) electrons. The zero-order valence-electron chi connectivity index (χ0n) is 10.1. The van der Waals surface area contributed by atoms with Crippen molar-refractivity contribution in [2.24, 2.45) is 0 Å². The topological polar surface area (TPSA) is 103 Å². The highest BCUT2D eigenvalue weighted by Crippen LogP contribution is 2.19. The molecular weight excluding hydrogens is 250 g/mol. The van der Waals surface area contributed by atoms with Gasteiger partial charge in [0.25, 0.3) is 5.69 Å². The van der Waals surface area contributed by atoms with Crippen molar-refractivity contribution in [3.8, 4) is 0 Å². The Morgan fingerprint density at radius 1 is 1.32 bits per heavy atom. The summed E-state index contributed by atoms with van der Waals surface area (Å²) in [6, 6.07) is 5.87. The lowest BCUT2D eigenvalue weighted by molar-refractivity contribution is -0.384. The monoisotopic (exact) mass is 261 g/mol. The number of aromatic nitrogens is 3. The van der Waals surface area contributed by atoms with E-state index in [0.29, 0.717) is 5.56 Å². The Balaban J connectivity index is 2.08. The minimum atomic E-state index is -0.480. The van der Waals surface area contributed by atoms with E-state index in [-0.39, 0.29) is 11.6 Å². The minimum Gasteiger partial charge on any atom is -0.273 e. The third kappa shape index (κ3) is 2.92. The first-order valence-electron chi connectivity index (χ1n) is 5.48. The maximum absolute atomic E-state index is 11.9. The maximum Gasteiger partial charge on any atom is 0.269 e. The molecule has 0 aliphatic carbocycles. The number of rotatable bonds is 4. The molecule has 1 N–H and O–H groups in total. The Labute approximate surface area is 108 Å². The van der Waals surface area contributed by atoms with Gasteiger partial charge in [-0.05, 0) is 12.5 Å². The van der Waals surface area contributed by atoms with Gasteiger partial charge in [-0.1, -0.05) is 12.1 Å². The van der Waals surface area contributed by atoms with Crippen LogP contribution >= 0.6 is 0 Å². The minimum absolute atomic E-state index is 0.00447. The highest BCUT2D eigenvalue weighted by Gasteiger charge is 2.16. The van der Waals surface area contributed by atoms with Crippen LogP contribution in [0.3, 0.4) is 0 Å². The molecule has 2 aromatic rings. The second-order valence-electron chi connectivity index (χ2n) is 3.92. The van der Waals surface area contributed by atoms with Gasteiger partial charge in [0.05, 0.1) is 10.8 Å². The number of carbonyl (C=O) groups excluding carboxylic acids is 1. The van der Waals surface area contributed by atoms with Gasteiger partial charge in [0.15, 0.2) is 0 Å². The number of nitrogens with one attached hydrogen (secondary N) is 1. The van der Waals surface area contributed by atoms with Crippen molar-refractivity contribution in [2.45, 2.75) is 12.8 Å². The Morgan fingerprint density at radius 3 is 2.42 bits per heavy atom. The summed E-state index contributed by atoms with van der Waals surface area (Å²) in [6.45, 7) is 1.71. The van der Waals surface area contributed by atoms with Crippen molar-refractivity contribution in [3.05, 3.63) is 52.6 Å². The van der Waals surface area contributed by atoms with Crippen LogP contribution in [-0.2, 0) is 4.79 Å². The lowest BCUT2D eigenvalue weighted by Crippen LogP contribution is -2.26. The molecule has 0 fully saturated rings. The van der Waals surface area contributed by atoms with Crippen molar-refractivity contribution < 1.29 is 9.72 Å². The number of nitro benzene ring substituents is 1. The van der Waals surface area contributed by atoms with Crippen LogP contribution in [0.1, 0.15) is 18.4 Å². The van der Waals surface area contributed by atoms with Gasteiger partial charge in [-0.25, -0.2) is 4.68 Å². The summed E-state index contributed by atoms with van der Waals surface area (Å²) in [6.07, 6.45) is 2.72. The quantitative estimate of drug-likeness (QED) is 0.654. The van der Waals surface area contributed by atoms with Crippen LogP contribution < -0.4 is 5.43 Å². The van der Waals surface area contributed by atoms with Gasteiger partial charge < -0.3 is 0 Å². The van der Waals surface area contributed by atoms with Gasteiger partial charge in [0, 0.05) is 12.1 Å². The zero-order chi connectivity index (χ0) is 13.8. The molecule has 1 aromatic heterocycles. The molecule has 1 aromatic carbocycles. The van der Waals surface area contributed by atoms with Crippen LogP contribution in [0, 0.1) is 10.1 Å². The number of benzene rings is 1. The number of non-ortho nitro benzene ring substituents is 1. The molecule has 0 saturated heterocycles. The van der Waals surface area contributed by atoms with E-state index in [1.54, 1.807) is 19.1 Å². The summed E-state index contributed by atoms with van der Waals surface area (Å²) < 4.78 is 1.34. The van der Waals surface area contributed by atoms with Crippen LogP contribution in [0.4, 0.5) is 5.69 Å². The first-order chi connectivity index (χ1) is 9.08. The average Bonchev–Trinajstić information content (AvgIpc) is 2.90. The molecule has 98 valence electrons. The summed E-state index contributed by atoms with van der Waals surface area (Å²) in [5.74, 6) is -0.697. The van der Waals surface area contributed by atoms with Gasteiger partial charge >= 0.3 is 0 Å². The normalized spacial score (nSPS) is 11.8. The lowest BCUT2D eigenvalue weighted by Gasteiger charge is -2.12. The van der Waals surface area contributed by atoms with Crippen LogP contribution in [0.2, 0.25) is 0 Å². The number of hydrogen-bond donors (Lipinski definition) is 1. The van der Waals surface area contributed by atoms with Crippen molar-refractivity contribution in [1.82, 2.24) is 14.9 Å². The second kappa shape index (κ2) is 5.25. The van der Waals surface area contributed by atoms with Gasteiger partial charge in [0.1, 0.15) is 12.7 Å². The van der Waals surface area contributed by atoms with E-state index in [2.05, 4.69) is 15.6 Å². The Hall–Kier alpha value is -2.77. The molecule has 1 amide bonds. The Kier molecular flexibility index (Phi) is 3.51. The number of amides is 1. The van der Waals surface area contributed by atoms with Crippen LogP contribution in [0.15, 0.2) is 36.9 Å². The molecule has 8 heteroatoms. The van der Waals surface area contributed by atoms with Crippen molar-refractivity contribution >= 4 is 11.6 Å². The fourth-order valence-corrected chi connectivity index (χ4v) is 1.52. The Bertz CT molecular complexity index is 579. The predicted molar refractivity (Wildman–Crippen MR) is 65.9 cm³/mol.